The van der Waals surface area contributed by atoms with E-state index in [9.17, 15) is 47.9 Å². The first kappa shape index (κ1) is 81.5. The first-order valence-corrected chi connectivity index (χ1v) is 32.8. The average molecular weight is 1250 g/mol. The first-order chi connectivity index (χ1) is 42.0. The lowest BCUT2D eigenvalue weighted by Crippen LogP contribution is -2.31. The predicted octanol–water partition coefficient (Wildman–Crippen LogP) is 10.0. The summed E-state index contributed by atoms with van der Waals surface area (Å²) in [4.78, 5) is 135. The Kier molecular flexibility index (Phi) is 54.6. The third kappa shape index (κ3) is 55.6. The van der Waals surface area contributed by atoms with E-state index in [0.717, 1.165) is 103 Å². The third-order valence-corrected chi connectivity index (χ3v) is 13.5. The van der Waals surface area contributed by atoms with E-state index in [1.165, 1.54) is 0 Å². The van der Waals surface area contributed by atoms with Crippen LogP contribution in [0.4, 0.5) is 0 Å². The molecule has 4 unspecified atom stereocenters. The molecular weight excluding hydrogens is 1130 g/mol. The quantitative estimate of drug-likeness (QED) is 0.0145. The molecule has 0 aromatic rings. The van der Waals surface area contributed by atoms with Crippen LogP contribution in [0, 0.1) is 0 Å². The van der Waals surface area contributed by atoms with E-state index >= 15 is 0 Å². The SMILES string of the molecule is CCCCNOC(=O)CCCCCCCC(=O)OCC(COC(=O)CCCC(=O)OCC(COC(=O)CCCCCCCC(=O)OC(N)CCC)OC(=O)CCCCCCCC(=O)OC(N)CCC)OC(=O)CCCCCCCC(=O)ONCCCC. The minimum absolute atomic E-state index is 0.0126. The summed E-state index contributed by atoms with van der Waals surface area (Å²) in [6, 6.07) is 0. The van der Waals surface area contributed by atoms with Crippen LogP contribution in [0.1, 0.15) is 278 Å². The molecular formula is C63H112N4O20. The average Bonchev–Trinajstić information content (AvgIpc) is 3.57. The summed E-state index contributed by atoms with van der Waals surface area (Å²) >= 11 is 0. The number of esters is 8. The Morgan fingerprint density at radius 1 is 0.276 bits per heavy atom. The van der Waals surface area contributed by atoms with E-state index in [1.807, 2.05) is 27.7 Å². The van der Waals surface area contributed by atoms with Crippen LogP contribution >= 0.6 is 0 Å². The Morgan fingerprint density at radius 3 is 0.770 bits per heavy atom. The van der Waals surface area contributed by atoms with Crippen molar-refractivity contribution in [2.24, 2.45) is 11.5 Å². The standard InChI is InChI=1S/C63H112N4O20/c1-5-9-44-66-86-62(76)40-29-21-12-16-24-35-55(69)79-47-51(83-59(73)37-26-18-14-22-30-41-63(77)87-67-45-10-6-2)49-81-57(71)43-31-42-56(70)80-48-50(82-58(72)36-25-17-13-20-28-39-61(75)85-53(65)33-8-4)46-78-54(68)34-23-15-11-19-27-38-60(74)84-52(64)32-7-3/h50-53,66-67H,5-49,64-65H2,1-4H3. The molecule has 0 aliphatic rings. The molecule has 87 heavy (non-hydrogen) atoms. The van der Waals surface area contributed by atoms with Crippen LogP contribution in [0.3, 0.4) is 0 Å². The van der Waals surface area contributed by atoms with E-state index in [2.05, 4.69) is 11.0 Å². The number of nitrogens with two attached hydrogens (primary N) is 2. The van der Waals surface area contributed by atoms with E-state index in [4.69, 9.17) is 59.0 Å². The summed E-state index contributed by atoms with van der Waals surface area (Å²) in [5, 5.41) is 0. The fourth-order valence-corrected chi connectivity index (χ4v) is 8.41. The second kappa shape index (κ2) is 58.2. The van der Waals surface area contributed by atoms with Gasteiger partial charge in [-0.3, -0.25) is 59.4 Å². The van der Waals surface area contributed by atoms with Crippen molar-refractivity contribution in [2.45, 2.75) is 303 Å². The molecule has 0 aromatic carbocycles. The largest absolute Gasteiger partial charge is 0.462 e. The highest BCUT2D eigenvalue weighted by molar-refractivity contribution is 5.74. The van der Waals surface area contributed by atoms with E-state index in [0.29, 0.717) is 96.6 Å². The molecule has 24 heteroatoms. The normalized spacial score (nSPS) is 12.4. The Balaban J connectivity index is 5.25. The summed E-state index contributed by atoms with van der Waals surface area (Å²) in [6.45, 7) is 7.67. The zero-order valence-electron chi connectivity index (χ0n) is 53.4. The van der Waals surface area contributed by atoms with Crippen molar-refractivity contribution >= 4 is 59.7 Å². The van der Waals surface area contributed by atoms with Gasteiger partial charge >= 0.3 is 59.7 Å². The topological polar surface area (TPSA) is 339 Å². The van der Waals surface area contributed by atoms with Crippen molar-refractivity contribution in [3.63, 3.8) is 0 Å². The van der Waals surface area contributed by atoms with Crippen molar-refractivity contribution in [3.8, 4) is 0 Å². The van der Waals surface area contributed by atoms with Gasteiger partial charge in [0.25, 0.3) is 0 Å². The molecule has 0 radical (unpaired) electrons. The van der Waals surface area contributed by atoms with Crippen molar-refractivity contribution in [2.75, 3.05) is 39.5 Å². The summed E-state index contributed by atoms with van der Waals surface area (Å²) in [6.07, 6.45) is 17.9. The van der Waals surface area contributed by atoms with Gasteiger partial charge < -0.3 is 47.6 Å². The zero-order chi connectivity index (χ0) is 64.4. The van der Waals surface area contributed by atoms with E-state index in [-0.39, 0.29) is 101 Å². The Labute approximate surface area is 518 Å². The lowest BCUT2D eigenvalue weighted by atomic mass is 10.1. The number of carbonyl (C=O) groups is 10. The highest BCUT2D eigenvalue weighted by Gasteiger charge is 2.22. The second-order valence-electron chi connectivity index (χ2n) is 22.0. The summed E-state index contributed by atoms with van der Waals surface area (Å²) in [5.74, 6) is -4.91. The van der Waals surface area contributed by atoms with Gasteiger partial charge in [0.1, 0.15) is 26.4 Å². The molecule has 0 saturated carbocycles. The number of nitrogens with one attached hydrogen (secondary N) is 2. The van der Waals surface area contributed by atoms with E-state index < -0.39 is 73.7 Å². The van der Waals surface area contributed by atoms with Crippen LogP contribution < -0.4 is 22.4 Å². The summed E-state index contributed by atoms with van der Waals surface area (Å²) in [5.41, 5.74) is 16.9. The third-order valence-electron chi connectivity index (χ3n) is 13.5. The lowest BCUT2D eigenvalue weighted by molar-refractivity contribution is -0.167. The number of hydroxylamine groups is 2. The van der Waals surface area contributed by atoms with Gasteiger partial charge in [0.2, 0.25) is 0 Å². The molecule has 4 atom stereocenters. The number of carbonyl (C=O) groups excluding carboxylic acids is 10. The van der Waals surface area contributed by atoms with Crippen molar-refractivity contribution in [1.29, 1.82) is 0 Å². The van der Waals surface area contributed by atoms with E-state index in [1.54, 1.807) is 0 Å². The number of hydrogen-bond donors (Lipinski definition) is 4. The smallest absolute Gasteiger partial charge is 0.324 e. The number of rotatable bonds is 60. The number of hydrogen-bond acceptors (Lipinski definition) is 24. The molecule has 0 spiro atoms. The van der Waals surface area contributed by atoms with Crippen LogP contribution in [0.25, 0.3) is 0 Å². The molecule has 0 bridgehead atoms. The monoisotopic (exact) mass is 1240 g/mol. The fourth-order valence-electron chi connectivity index (χ4n) is 8.41. The van der Waals surface area contributed by atoms with Gasteiger partial charge in [-0.25, -0.2) is 0 Å². The second-order valence-corrected chi connectivity index (χ2v) is 22.0. The molecule has 0 saturated heterocycles. The molecule has 0 amide bonds. The highest BCUT2D eigenvalue weighted by Crippen LogP contribution is 2.15. The van der Waals surface area contributed by atoms with Crippen molar-refractivity contribution in [1.82, 2.24) is 11.0 Å². The predicted molar refractivity (Wildman–Crippen MR) is 323 cm³/mol. The molecule has 6 N–H and O–H groups in total. The first-order valence-electron chi connectivity index (χ1n) is 32.8. The maximum absolute atomic E-state index is 12.9. The highest BCUT2D eigenvalue weighted by atomic mass is 16.7. The van der Waals surface area contributed by atoms with Crippen LogP contribution in [0.15, 0.2) is 0 Å². The van der Waals surface area contributed by atoms with Gasteiger partial charge in [-0.2, -0.15) is 11.0 Å². The minimum atomic E-state index is -1.11. The summed E-state index contributed by atoms with van der Waals surface area (Å²) in [7, 11) is 0. The molecule has 24 nitrogen and oxygen atoms in total. The Hall–Kier alpha value is -5.46. The molecule has 0 aliphatic heterocycles. The summed E-state index contributed by atoms with van der Waals surface area (Å²) < 4.78 is 43.2. The van der Waals surface area contributed by atoms with Crippen molar-refractivity contribution < 1.29 is 95.5 Å². The maximum atomic E-state index is 12.9. The van der Waals surface area contributed by atoms with Gasteiger partial charge in [0, 0.05) is 77.3 Å². The zero-order valence-corrected chi connectivity index (χ0v) is 53.4. The van der Waals surface area contributed by atoms with Gasteiger partial charge in [-0.1, -0.05) is 130 Å². The molecule has 0 aromatic heterocycles. The molecule has 0 heterocycles. The van der Waals surface area contributed by atoms with Gasteiger partial charge in [0.05, 0.1) is 0 Å². The lowest BCUT2D eigenvalue weighted by Gasteiger charge is -2.19. The number of unbranched alkanes of at least 4 members (excludes halogenated alkanes) is 18. The van der Waals surface area contributed by atoms with Crippen LogP contribution in [0.2, 0.25) is 0 Å². The van der Waals surface area contributed by atoms with Crippen LogP contribution in [-0.2, 0) is 95.5 Å². The minimum Gasteiger partial charge on any atom is -0.462 e. The molecule has 0 rings (SSSR count). The molecule has 0 fully saturated rings. The van der Waals surface area contributed by atoms with Crippen LogP contribution in [-0.4, -0.2) is 124 Å². The maximum Gasteiger partial charge on any atom is 0.324 e. The Bertz CT molecular complexity index is 1860. The van der Waals surface area contributed by atoms with Gasteiger partial charge in [-0.05, 0) is 83.5 Å². The number of ether oxygens (including phenoxy) is 8. The van der Waals surface area contributed by atoms with Gasteiger partial charge in [-0.15, -0.1) is 0 Å². The molecule has 504 valence electrons. The van der Waals surface area contributed by atoms with Gasteiger partial charge in [0.15, 0.2) is 24.7 Å². The molecule has 0 aliphatic carbocycles. The fraction of sp³-hybridized carbons (Fsp3) is 0.841. The van der Waals surface area contributed by atoms with Crippen LogP contribution in [0.5, 0.6) is 0 Å². The van der Waals surface area contributed by atoms with Crippen molar-refractivity contribution in [3.05, 3.63) is 0 Å². The Morgan fingerprint density at radius 2 is 0.506 bits per heavy atom.